The molecule has 3 aliphatic carbocycles. The Morgan fingerprint density at radius 1 is 1.10 bits per heavy atom. The number of nitrogens with zero attached hydrogens (tertiary/aromatic N) is 2. The zero-order chi connectivity index (χ0) is 28.1. The smallest absolute Gasteiger partial charge is 0.326 e. The van der Waals surface area contributed by atoms with Crippen molar-refractivity contribution in [3.8, 4) is 0 Å². The highest BCUT2D eigenvalue weighted by atomic mass is 16.4. The Morgan fingerprint density at radius 2 is 1.88 bits per heavy atom. The largest absolute Gasteiger partial charge is 0.480 e. The molecule has 0 radical (unpaired) electrons. The minimum Gasteiger partial charge on any atom is -0.480 e. The second kappa shape index (κ2) is 12.6. The van der Waals surface area contributed by atoms with Gasteiger partial charge in [-0.25, -0.2) is 9.78 Å². The van der Waals surface area contributed by atoms with Crippen LogP contribution in [0, 0.1) is 11.3 Å². The molecule has 2 bridgehead atoms. The highest BCUT2D eigenvalue weighted by molar-refractivity contribution is 5.88. The van der Waals surface area contributed by atoms with E-state index in [0.29, 0.717) is 31.8 Å². The van der Waals surface area contributed by atoms with E-state index in [1.807, 2.05) is 0 Å². The predicted molar refractivity (Wildman–Crippen MR) is 150 cm³/mol. The lowest BCUT2D eigenvalue weighted by molar-refractivity contribution is -0.146. The van der Waals surface area contributed by atoms with Crippen molar-refractivity contribution in [1.29, 1.82) is 0 Å². The average Bonchev–Trinajstić information content (AvgIpc) is 3.44. The summed E-state index contributed by atoms with van der Waals surface area (Å²) in [5, 5.41) is 18.7. The molecule has 40 heavy (non-hydrogen) atoms. The number of aliphatic carboxylic acids is 1. The molecule has 10 nitrogen and oxygen atoms in total. The lowest BCUT2D eigenvalue weighted by atomic mass is 9.60. The summed E-state index contributed by atoms with van der Waals surface area (Å²) in [5.41, 5.74) is 1.82. The van der Waals surface area contributed by atoms with E-state index in [1.165, 1.54) is 5.56 Å². The number of amides is 3. The summed E-state index contributed by atoms with van der Waals surface area (Å²) in [6.07, 6.45) is 10.4. The number of pyridine rings is 1. The highest BCUT2D eigenvalue weighted by Crippen LogP contribution is 2.50. The minimum atomic E-state index is -1.11. The SMILES string of the molecule is O=C(CC[C@@H](NC(=O)C12CCC(CC1)CC2)C(=O)O)N[C@@H]1CCN(C(=O)CCCc2ccc3c(n2)NCCC3)C1. The first-order valence-electron chi connectivity index (χ1n) is 15.1. The molecular weight excluding hydrogens is 510 g/mol. The van der Waals surface area contributed by atoms with Gasteiger partial charge in [0.05, 0.1) is 0 Å². The Hall–Kier alpha value is -3.17. The third-order valence-corrected chi connectivity index (χ3v) is 9.52. The van der Waals surface area contributed by atoms with E-state index < -0.39 is 17.4 Å². The zero-order valence-corrected chi connectivity index (χ0v) is 23.4. The first-order valence-corrected chi connectivity index (χ1v) is 15.1. The summed E-state index contributed by atoms with van der Waals surface area (Å²) < 4.78 is 0. The van der Waals surface area contributed by atoms with Gasteiger partial charge in [0.1, 0.15) is 11.9 Å². The monoisotopic (exact) mass is 553 g/mol. The molecule has 5 aliphatic rings. The third-order valence-electron chi connectivity index (χ3n) is 9.52. The molecule has 2 aliphatic heterocycles. The lowest BCUT2D eigenvalue weighted by Crippen LogP contribution is -2.52. The number of aryl methyl sites for hydroxylation is 2. The number of aromatic nitrogens is 1. The van der Waals surface area contributed by atoms with Crippen LogP contribution >= 0.6 is 0 Å². The van der Waals surface area contributed by atoms with Gasteiger partial charge in [-0.2, -0.15) is 0 Å². The van der Waals surface area contributed by atoms with E-state index in [2.05, 4.69) is 28.1 Å². The molecule has 3 heterocycles. The van der Waals surface area contributed by atoms with Crippen molar-refractivity contribution >= 4 is 29.5 Å². The molecule has 3 saturated carbocycles. The summed E-state index contributed by atoms with van der Waals surface area (Å²) in [6.45, 7) is 2.02. The Bertz CT molecular complexity index is 1100. The van der Waals surface area contributed by atoms with Crippen molar-refractivity contribution in [1.82, 2.24) is 20.5 Å². The molecule has 0 unspecified atom stereocenters. The van der Waals surface area contributed by atoms with Gasteiger partial charge in [0, 0.05) is 49.6 Å². The van der Waals surface area contributed by atoms with Crippen LogP contribution < -0.4 is 16.0 Å². The molecule has 4 N–H and O–H groups in total. The number of carbonyl (C=O) groups is 4. The van der Waals surface area contributed by atoms with Crippen LogP contribution in [-0.2, 0) is 32.0 Å². The fourth-order valence-electron chi connectivity index (χ4n) is 6.93. The summed E-state index contributed by atoms with van der Waals surface area (Å²) in [5.74, 6) is 0.246. The summed E-state index contributed by atoms with van der Waals surface area (Å²) in [4.78, 5) is 56.7. The number of rotatable bonds is 11. The number of anilines is 1. The first kappa shape index (κ1) is 28.4. The fourth-order valence-corrected chi connectivity index (χ4v) is 6.93. The average molecular weight is 554 g/mol. The Kier molecular flexibility index (Phi) is 8.90. The van der Waals surface area contributed by atoms with Crippen molar-refractivity contribution in [2.24, 2.45) is 11.3 Å². The van der Waals surface area contributed by atoms with Gasteiger partial charge in [-0.05, 0) is 94.6 Å². The molecule has 1 aromatic heterocycles. The van der Waals surface area contributed by atoms with Crippen LogP contribution in [0.3, 0.4) is 0 Å². The van der Waals surface area contributed by atoms with Gasteiger partial charge in [0.2, 0.25) is 17.7 Å². The first-order chi connectivity index (χ1) is 19.3. The van der Waals surface area contributed by atoms with E-state index in [4.69, 9.17) is 4.98 Å². The standard InChI is InChI=1S/C30H43N5O5/c36-25(9-8-24(28(38)39)34-29(40)30-14-10-20(11-15-30)12-16-30)32-23-13-18-35(19-23)26(37)5-1-4-22-7-6-21-3-2-17-31-27(21)33-22/h6-7,20,23-24H,1-5,8-19H2,(H,31,33)(H,32,36)(H,34,40)(H,38,39)/t20?,23-,24-,30?/m1/s1. The van der Waals surface area contributed by atoms with E-state index in [0.717, 1.165) is 82.3 Å². The zero-order valence-electron chi connectivity index (χ0n) is 23.4. The van der Waals surface area contributed by atoms with Gasteiger partial charge in [0.25, 0.3) is 0 Å². The van der Waals surface area contributed by atoms with Gasteiger partial charge in [-0.1, -0.05) is 6.07 Å². The number of carboxylic acid groups (broad SMARTS) is 1. The number of carbonyl (C=O) groups excluding carboxylic acids is 3. The van der Waals surface area contributed by atoms with E-state index in [1.54, 1.807) is 4.90 Å². The minimum absolute atomic E-state index is 0.0133. The Labute approximate surface area is 236 Å². The van der Waals surface area contributed by atoms with Crippen LogP contribution in [0.1, 0.15) is 88.3 Å². The normalized spacial score (nSPS) is 25.9. The maximum absolute atomic E-state index is 13.0. The highest BCUT2D eigenvalue weighted by Gasteiger charge is 2.46. The lowest BCUT2D eigenvalue weighted by Gasteiger charge is -2.45. The Morgan fingerprint density at radius 3 is 2.62 bits per heavy atom. The molecule has 0 aromatic carbocycles. The van der Waals surface area contributed by atoms with Gasteiger partial charge in [-0.3, -0.25) is 14.4 Å². The van der Waals surface area contributed by atoms with Crippen LogP contribution in [0.2, 0.25) is 0 Å². The summed E-state index contributed by atoms with van der Waals surface area (Å²) >= 11 is 0. The third kappa shape index (κ3) is 6.75. The van der Waals surface area contributed by atoms with Gasteiger partial charge in [0.15, 0.2) is 0 Å². The van der Waals surface area contributed by atoms with Crippen molar-refractivity contribution in [3.05, 3.63) is 23.4 Å². The number of nitrogens with one attached hydrogen (secondary N) is 3. The molecule has 2 atom stereocenters. The van der Waals surface area contributed by atoms with Gasteiger partial charge >= 0.3 is 5.97 Å². The number of likely N-dealkylation sites (tertiary alicyclic amines) is 1. The second-order valence-electron chi connectivity index (χ2n) is 12.3. The predicted octanol–water partition coefficient (Wildman–Crippen LogP) is 2.80. The second-order valence-corrected chi connectivity index (χ2v) is 12.3. The molecular formula is C30H43N5O5. The van der Waals surface area contributed by atoms with Crippen molar-refractivity contribution in [2.45, 2.75) is 102 Å². The maximum atomic E-state index is 13.0. The van der Waals surface area contributed by atoms with Gasteiger partial charge in [-0.15, -0.1) is 0 Å². The topological polar surface area (TPSA) is 141 Å². The van der Waals surface area contributed by atoms with Crippen molar-refractivity contribution in [2.75, 3.05) is 25.0 Å². The van der Waals surface area contributed by atoms with Crippen LogP contribution in [0.5, 0.6) is 0 Å². The molecule has 6 rings (SSSR count). The molecule has 10 heteroatoms. The summed E-state index contributed by atoms with van der Waals surface area (Å²) in [7, 11) is 0. The number of hydrogen-bond acceptors (Lipinski definition) is 6. The number of carboxylic acids is 1. The van der Waals surface area contributed by atoms with Gasteiger partial charge < -0.3 is 26.0 Å². The molecule has 1 aromatic rings. The molecule has 218 valence electrons. The Balaban J connectivity index is 1.01. The van der Waals surface area contributed by atoms with Crippen LogP contribution in [-0.4, -0.2) is 70.4 Å². The van der Waals surface area contributed by atoms with E-state index >= 15 is 0 Å². The molecule has 4 fully saturated rings. The fraction of sp³-hybridized carbons (Fsp3) is 0.700. The van der Waals surface area contributed by atoms with E-state index in [-0.39, 0.29) is 36.6 Å². The summed E-state index contributed by atoms with van der Waals surface area (Å²) in [6, 6.07) is 2.97. The maximum Gasteiger partial charge on any atom is 0.326 e. The van der Waals surface area contributed by atoms with E-state index in [9.17, 15) is 24.3 Å². The quantitative estimate of drug-likeness (QED) is 0.330. The molecule has 1 saturated heterocycles. The van der Waals surface area contributed by atoms with Crippen LogP contribution in [0.25, 0.3) is 0 Å². The van der Waals surface area contributed by atoms with Crippen LogP contribution in [0.15, 0.2) is 12.1 Å². The van der Waals surface area contributed by atoms with Crippen molar-refractivity contribution in [3.63, 3.8) is 0 Å². The molecule has 3 amide bonds. The molecule has 0 spiro atoms. The number of hydrogen-bond donors (Lipinski definition) is 4. The van der Waals surface area contributed by atoms with Crippen molar-refractivity contribution < 1.29 is 24.3 Å². The number of fused-ring (bicyclic) bond motifs is 4. The van der Waals surface area contributed by atoms with Crippen LogP contribution in [0.4, 0.5) is 5.82 Å².